The molecule has 112 valence electrons. The average Bonchev–Trinajstić information content (AvgIpc) is 2.44. The number of amides is 3. The number of rotatable bonds is 5. The second-order valence-corrected chi connectivity index (χ2v) is 6.14. The molecule has 1 fully saturated rings. The predicted molar refractivity (Wildman–Crippen MR) is 81.1 cm³/mol. The van der Waals surface area contributed by atoms with Crippen LogP contribution in [0.15, 0.2) is 29.2 Å². The van der Waals surface area contributed by atoms with Gasteiger partial charge in [-0.2, -0.15) is 0 Å². The number of benzene rings is 1. The highest BCUT2D eigenvalue weighted by molar-refractivity contribution is 7.99. The normalized spacial score (nSPS) is 18.2. The zero-order chi connectivity index (χ0) is 15.2. The van der Waals surface area contributed by atoms with Crippen LogP contribution in [0.25, 0.3) is 0 Å². The van der Waals surface area contributed by atoms with E-state index in [1.807, 2.05) is 18.2 Å². The number of halogens is 1. The molecule has 0 aliphatic carbocycles. The molecule has 1 aliphatic heterocycles. The van der Waals surface area contributed by atoms with Crippen molar-refractivity contribution in [2.75, 3.05) is 5.75 Å². The number of thioether (sulfide) groups is 1. The van der Waals surface area contributed by atoms with E-state index in [4.69, 9.17) is 11.6 Å². The molecule has 0 saturated carbocycles. The first-order chi connectivity index (χ1) is 10.1. The number of hydrogen-bond acceptors (Lipinski definition) is 4. The Balaban J connectivity index is 1.74. The number of hydrogen-bond donors (Lipinski definition) is 2. The van der Waals surface area contributed by atoms with Gasteiger partial charge in [-0.3, -0.25) is 19.7 Å². The van der Waals surface area contributed by atoms with Gasteiger partial charge in [-0.15, -0.1) is 11.8 Å². The van der Waals surface area contributed by atoms with Gasteiger partial charge in [-0.05, 0) is 18.6 Å². The Morgan fingerprint density at radius 3 is 2.86 bits per heavy atom. The van der Waals surface area contributed by atoms with Crippen LogP contribution in [0.4, 0.5) is 0 Å². The second-order valence-electron chi connectivity index (χ2n) is 4.60. The molecule has 1 saturated heterocycles. The fourth-order valence-electron chi connectivity index (χ4n) is 1.91. The van der Waals surface area contributed by atoms with Gasteiger partial charge < -0.3 is 5.32 Å². The number of nitrogens with one attached hydrogen (secondary N) is 2. The summed E-state index contributed by atoms with van der Waals surface area (Å²) in [5, 5.41) is 5.51. The quantitative estimate of drug-likeness (QED) is 0.638. The van der Waals surface area contributed by atoms with Crippen molar-refractivity contribution in [2.24, 2.45) is 0 Å². The van der Waals surface area contributed by atoms with Gasteiger partial charge in [0.1, 0.15) is 6.04 Å². The molecule has 1 unspecified atom stereocenters. The predicted octanol–water partition coefficient (Wildman–Crippen LogP) is 1.74. The molecule has 2 N–H and O–H groups in total. The topological polar surface area (TPSA) is 75.3 Å². The summed E-state index contributed by atoms with van der Waals surface area (Å²) >= 11 is 7.51. The Morgan fingerprint density at radius 2 is 2.14 bits per heavy atom. The van der Waals surface area contributed by atoms with Crippen LogP contribution in [0.2, 0.25) is 5.02 Å². The summed E-state index contributed by atoms with van der Waals surface area (Å²) < 4.78 is 0. The van der Waals surface area contributed by atoms with E-state index in [9.17, 15) is 14.4 Å². The van der Waals surface area contributed by atoms with Crippen molar-refractivity contribution >= 4 is 41.1 Å². The standard InChI is InChI=1S/C14H15ClN2O3S/c15-9-3-1-2-4-11(9)21-8-7-13(19)16-10-5-6-12(18)17-14(10)20/h1-4,10H,5-8H2,(H,16,19)(H,17,18,20). The summed E-state index contributed by atoms with van der Waals surface area (Å²) in [4.78, 5) is 35.2. The van der Waals surface area contributed by atoms with Crippen molar-refractivity contribution in [3.8, 4) is 0 Å². The number of imide groups is 1. The number of piperidine rings is 1. The Labute approximate surface area is 131 Å². The van der Waals surface area contributed by atoms with E-state index < -0.39 is 11.9 Å². The highest BCUT2D eigenvalue weighted by atomic mass is 35.5. The van der Waals surface area contributed by atoms with Gasteiger partial charge in [0.2, 0.25) is 17.7 Å². The molecule has 0 spiro atoms. The van der Waals surface area contributed by atoms with Crippen molar-refractivity contribution in [1.82, 2.24) is 10.6 Å². The fourth-order valence-corrected chi connectivity index (χ4v) is 3.10. The lowest BCUT2D eigenvalue weighted by atomic mass is 10.1. The van der Waals surface area contributed by atoms with Crippen LogP contribution in [0.5, 0.6) is 0 Å². The highest BCUT2D eigenvalue weighted by Crippen LogP contribution is 2.26. The van der Waals surface area contributed by atoms with Crippen LogP contribution >= 0.6 is 23.4 Å². The third-order valence-corrected chi connectivity index (χ3v) is 4.51. The molecule has 2 rings (SSSR count). The van der Waals surface area contributed by atoms with Crippen LogP contribution < -0.4 is 10.6 Å². The van der Waals surface area contributed by atoms with Crippen molar-refractivity contribution in [3.05, 3.63) is 29.3 Å². The number of carbonyl (C=O) groups excluding carboxylic acids is 3. The molecule has 1 aromatic rings. The summed E-state index contributed by atoms with van der Waals surface area (Å²) in [5.74, 6) is -0.356. The average molecular weight is 327 g/mol. The van der Waals surface area contributed by atoms with Gasteiger partial charge in [0.05, 0.1) is 5.02 Å². The minimum atomic E-state index is -0.611. The molecule has 1 atom stereocenters. The summed E-state index contributed by atoms with van der Waals surface area (Å²) in [6.45, 7) is 0. The van der Waals surface area contributed by atoms with E-state index in [2.05, 4.69) is 10.6 Å². The molecule has 0 aromatic heterocycles. The van der Waals surface area contributed by atoms with E-state index in [-0.39, 0.29) is 24.7 Å². The van der Waals surface area contributed by atoms with Gasteiger partial charge in [0.15, 0.2) is 0 Å². The van der Waals surface area contributed by atoms with Gasteiger partial charge >= 0.3 is 0 Å². The third-order valence-electron chi connectivity index (χ3n) is 3.00. The Morgan fingerprint density at radius 1 is 1.38 bits per heavy atom. The zero-order valence-corrected chi connectivity index (χ0v) is 12.8. The van der Waals surface area contributed by atoms with Gasteiger partial charge in [0.25, 0.3) is 0 Å². The van der Waals surface area contributed by atoms with E-state index in [1.54, 1.807) is 6.07 Å². The maximum Gasteiger partial charge on any atom is 0.249 e. The highest BCUT2D eigenvalue weighted by Gasteiger charge is 2.27. The summed E-state index contributed by atoms with van der Waals surface area (Å²) in [6, 6.07) is 6.82. The van der Waals surface area contributed by atoms with Gasteiger partial charge in [0, 0.05) is 23.5 Å². The minimum absolute atomic E-state index is 0.205. The zero-order valence-electron chi connectivity index (χ0n) is 11.2. The third kappa shape index (κ3) is 4.75. The Bertz CT molecular complexity index is 565. The van der Waals surface area contributed by atoms with Crippen LogP contribution in [0, 0.1) is 0 Å². The van der Waals surface area contributed by atoms with Crippen molar-refractivity contribution in [1.29, 1.82) is 0 Å². The first-order valence-corrected chi connectivity index (χ1v) is 7.93. The molecule has 1 aliphatic rings. The molecular formula is C14H15ClN2O3S. The smallest absolute Gasteiger partial charge is 0.249 e. The van der Waals surface area contributed by atoms with Crippen molar-refractivity contribution in [2.45, 2.75) is 30.2 Å². The molecule has 5 nitrogen and oxygen atoms in total. The van der Waals surface area contributed by atoms with Crippen LogP contribution in [0.1, 0.15) is 19.3 Å². The SMILES string of the molecule is O=C1CCC(NC(=O)CCSc2ccccc2Cl)C(=O)N1. The monoisotopic (exact) mass is 326 g/mol. The second kappa shape index (κ2) is 7.47. The van der Waals surface area contributed by atoms with Crippen LogP contribution in [-0.2, 0) is 14.4 Å². The largest absolute Gasteiger partial charge is 0.344 e. The lowest BCUT2D eigenvalue weighted by Gasteiger charge is -2.21. The van der Waals surface area contributed by atoms with E-state index in [0.717, 1.165) is 4.90 Å². The van der Waals surface area contributed by atoms with E-state index in [0.29, 0.717) is 17.2 Å². The molecule has 0 radical (unpaired) electrons. The first kappa shape index (κ1) is 15.9. The minimum Gasteiger partial charge on any atom is -0.344 e. The fraction of sp³-hybridized carbons (Fsp3) is 0.357. The Hall–Kier alpha value is -1.53. The summed E-state index contributed by atoms with van der Waals surface area (Å²) in [6.07, 6.45) is 0.896. The molecule has 0 bridgehead atoms. The van der Waals surface area contributed by atoms with Gasteiger partial charge in [-0.25, -0.2) is 0 Å². The molecular weight excluding hydrogens is 312 g/mol. The lowest BCUT2D eigenvalue weighted by molar-refractivity contribution is -0.137. The lowest BCUT2D eigenvalue weighted by Crippen LogP contribution is -2.52. The van der Waals surface area contributed by atoms with E-state index >= 15 is 0 Å². The summed E-state index contributed by atoms with van der Waals surface area (Å²) in [5.41, 5.74) is 0. The number of carbonyl (C=O) groups is 3. The summed E-state index contributed by atoms with van der Waals surface area (Å²) in [7, 11) is 0. The van der Waals surface area contributed by atoms with E-state index in [1.165, 1.54) is 11.8 Å². The maximum absolute atomic E-state index is 11.8. The molecule has 3 amide bonds. The van der Waals surface area contributed by atoms with Crippen LogP contribution in [-0.4, -0.2) is 29.5 Å². The van der Waals surface area contributed by atoms with Crippen molar-refractivity contribution in [3.63, 3.8) is 0 Å². The first-order valence-electron chi connectivity index (χ1n) is 6.56. The molecule has 1 aromatic carbocycles. The van der Waals surface area contributed by atoms with Crippen molar-refractivity contribution < 1.29 is 14.4 Å². The van der Waals surface area contributed by atoms with Gasteiger partial charge in [-0.1, -0.05) is 23.7 Å². The maximum atomic E-state index is 11.8. The molecule has 21 heavy (non-hydrogen) atoms. The molecule has 1 heterocycles. The Kier molecular flexibility index (Phi) is 5.64. The molecule has 7 heteroatoms. The van der Waals surface area contributed by atoms with Crippen LogP contribution in [0.3, 0.4) is 0 Å².